The zero-order chi connectivity index (χ0) is 20.7. The SMILES string of the molecule is N[C@@H](Cc1ccc(O)cc1)C(=O)OS(=O)OC(=O)[C@@H](N)Cc1ccc(O)cc1. The highest BCUT2D eigenvalue weighted by Gasteiger charge is 2.24. The van der Waals surface area contributed by atoms with Gasteiger partial charge in [-0.05, 0) is 48.2 Å². The lowest BCUT2D eigenvalue weighted by Gasteiger charge is -2.12. The van der Waals surface area contributed by atoms with E-state index in [2.05, 4.69) is 8.37 Å². The van der Waals surface area contributed by atoms with Crippen molar-refractivity contribution in [3.63, 3.8) is 0 Å². The Morgan fingerprint density at radius 1 is 0.786 bits per heavy atom. The number of carbonyl (C=O) groups is 2. The Bertz CT molecular complexity index is 771. The fraction of sp³-hybridized carbons (Fsp3) is 0.222. The van der Waals surface area contributed by atoms with Crippen LogP contribution in [0.5, 0.6) is 11.5 Å². The molecule has 0 bridgehead atoms. The fourth-order valence-corrected chi connectivity index (χ4v) is 2.76. The molecule has 2 rings (SSSR count). The highest BCUT2D eigenvalue weighted by molar-refractivity contribution is 7.76. The van der Waals surface area contributed by atoms with Gasteiger partial charge in [-0.1, -0.05) is 24.3 Å². The van der Waals surface area contributed by atoms with Crippen LogP contribution in [0.15, 0.2) is 48.5 Å². The minimum atomic E-state index is -2.68. The highest BCUT2D eigenvalue weighted by atomic mass is 32.2. The van der Waals surface area contributed by atoms with Crippen LogP contribution in [0.1, 0.15) is 11.1 Å². The van der Waals surface area contributed by atoms with Crippen LogP contribution in [0.3, 0.4) is 0 Å². The summed E-state index contributed by atoms with van der Waals surface area (Å²) < 4.78 is 20.8. The van der Waals surface area contributed by atoms with Gasteiger partial charge in [0.1, 0.15) is 23.6 Å². The zero-order valence-corrected chi connectivity index (χ0v) is 15.5. The second-order valence-electron chi connectivity index (χ2n) is 5.96. The largest absolute Gasteiger partial charge is 0.508 e. The van der Waals surface area contributed by atoms with E-state index in [1.165, 1.54) is 24.3 Å². The van der Waals surface area contributed by atoms with Crippen molar-refractivity contribution in [2.75, 3.05) is 0 Å². The van der Waals surface area contributed by atoms with Crippen molar-refractivity contribution in [1.82, 2.24) is 0 Å². The molecule has 0 unspecified atom stereocenters. The standard InChI is InChI=1S/C18H20N2O7S/c19-15(9-11-1-5-13(21)6-2-11)17(23)26-28(25)27-18(24)16(20)10-12-3-7-14(22)8-4-12/h1-8,15-16,21-22H,9-10,19-20H2/t15-,16-/m0/s1. The molecule has 0 radical (unpaired) electrons. The lowest BCUT2D eigenvalue weighted by atomic mass is 10.1. The van der Waals surface area contributed by atoms with Gasteiger partial charge in [0.25, 0.3) is 0 Å². The second kappa shape index (κ2) is 9.83. The molecule has 0 saturated carbocycles. The number of rotatable bonds is 8. The summed E-state index contributed by atoms with van der Waals surface area (Å²) in [6.45, 7) is 0. The van der Waals surface area contributed by atoms with Gasteiger partial charge < -0.3 is 30.0 Å². The van der Waals surface area contributed by atoms with E-state index in [9.17, 15) is 24.0 Å². The number of aromatic hydroxyl groups is 2. The van der Waals surface area contributed by atoms with Gasteiger partial charge in [0, 0.05) is 0 Å². The maximum atomic E-state index is 11.9. The number of carbonyl (C=O) groups excluding carboxylic acids is 2. The molecule has 150 valence electrons. The summed E-state index contributed by atoms with van der Waals surface area (Å²) in [5.41, 5.74) is 12.7. The first-order valence-corrected chi connectivity index (χ1v) is 9.17. The molecule has 2 aromatic rings. The van der Waals surface area contributed by atoms with Crippen LogP contribution in [0.25, 0.3) is 0 Å². The minimum Gasteiger partial charge on any atom is -0.508 e. The van der Waals surface area contributed by atoms with Gasteiger partial charge in [0.15, 0.2) is 0 Å². The van der Waals surface area contributed by atoms with Crippen molar-refractivity contribution < 1.29 is 32.4 Å². The van der Waals surface area contributed by atoms with Gasteiger partial charge in [-0.15, -0.1) is 0 Å². The van der Waals surface area contributed by atoms with E-state index in [0.29, 0.717) is 11.1 Å². The number of hydrogen-bond acceptors (Lipinski definition) is 9. The van der Waals surface area contributed by atoms with Gasteiger partial charge in [0.2, 0.25) is 0 Å². The van der Waals surface area contributed by atoms with Crippen LogP contribution in [0.2, 0.25) is 0 Å². The molecule has 0 heterocycles. The van der Waals surface area contributed by atoms with Gasteiger partial charge in [0.05, 0.1) is 0 Å². The Hall–Kier alpha value is -2.95. The quantitative estimate of drug-likeness (QED) is 0.478. The van der Waals surface area contributed by atoms with Gasteiger partial charge in [-0.25, -0.2) is 9.59 Å². The Morgan fingerprint density at radius 2 is 1.11 bits per heavy atom. The molecule has 10 heteroatoms. The fourth-order valence-electron chi connectivity index (χ4n) is 2.21. The van der Waals surface area contributed by atoms with E-state index < -0.39 is 35.4 Å². The van der Waals surface area contributed by atoms with E-state index in [0.717, 1.165) is 0 Å². The summed E-state index contributed by atoms with van der Waals surface area (Å²) in [5, 5.41) is 18.4. The normalized spacial score (nSPS) is 13.0. The summed E-state index contributed by atoms with van der Waals surface area (Å²) in [4.78, 5) is 23.7. The Kier molecular flexibility index (Phi) is 7.50. The molecular weight excluding hydrogens is 388 g/mol. The molecule has 0 spiro atoms. The van der Waals surface area contributed by atoms with Crippen LogP contribution >= 0.6 is 0 Å². The van der Waals surface area contributed by atoms with Crippen molar-refractivity contribution >= 4 is 23.3 Å². The zero-order valence-electron chi connectivity index (χ0n) is 14.7. The summed E-state index contributed by atoms with van der Waals surface area (Å²) in [6.07, 6.45) is 0.148. The van der Waals surface area contributed by atoms with Crippen molar-refractivity contribution in [3.8, 4) is 11.5 Å². The molecule has 0 fully saturated rings. The molecule has 0 aromatic heterocycles. The Balaban J connectivity index is 1.80. The third-order valence-corrected chi connectivity index (χ3v) is 4.29. The molecule has 2 aromatic carbocycles. The highest BCUT2D eigenvalue weighted by Crippen LogP contribution is 2.13. The lowest BCUT2D eigenvalue weighted by molar-refractivity contribution is -0.138. The first kappa shape index (κ1) is 21.4. The third kappa shape index (κ3) is 6.65. The average molecular weight is 408 g/mol. The number of phenolic OH excluding ortho intramolecular Hbond substituents is 2. The second-order valence-corrected chi connectivity index (χ2v) is 6.70. The van der Waals surface area contributed by atoms with E-state index in [-0.39, 0.29) is 24.3 Å². The molecule has 9 nitrogen and oxygen atoms in total. The van der Waals surface area contributed by atoms with Crippen LogP contribution in [0.4, 0.5) is 0 Å². The molecule has 0 aliphatic carbocycles. The van der Waals surface area contributed by atoms with Crippen LogP contribution in [0, 0.1) is 0 Å². The van der Waals surface area contributed by atoms with E-state index in [4.69, 9.17) is 11.5 Å². The molecule has 28 heavy (non-hydrogen) atoms. The van der Waals surface area contributed by atoms with E-state index in [1.54, 1.807) is 24.3 Å². The summed E-state index contributed by atoms with van der Waals surface area (Å²) in [7, 11) is 0. The van der Waals surface area contributed by atoms with Gasteiger partial charge >= 0.3 is 23.3 Å². The lowest BCUT2D eigenvalue weighted by Crippen LogP contribution is -2.37. The molecule has 6 N–H and O–H groups in total. The van der Waals surface area contributed by atoms with Crippen molar-refractivity contribution in [2.24, 2.45) is 11.5 Å². The monoisotopic (exact) mass is 408 g/mol. The molecule has 0 amide bonds. The van der Waals surface area contributed by atoms with E-state index >= 15 is 0 Å². The first-order valence-electron chi connectivity index (χ1n) is 8.17. The minimum absolute atomic E-state index is 0.0663. The smallest absolute Gasteiger partial charge is 0.423 e. The molecule has 0 saturated heterocycles. The first-order chi connectivity index (χ1) is 13.2. The predicted octanol–water partition coefficient (Wildman–Crippen LogP) is 0.203. The predicted molar refractivity (Wildman–Crippen MR) is 99.9 cm³/mol. The maximum absolute atomic E-state index is 11.9. The Morgan fingerprint density at radius 3 is 1.43 bits per heavy atom. The molecule has 0 aliphatic heterocycles. The number of benzene rings is 2. The number of phenols is 2. The number of nitrogens with two attached hydrogens (primary N) is 2. The van der Waals surface area contributed by atoms with Gasteiger partial charge in [-0.2, -0.15) is 4.21 Å². The molecule has 2 atom stereocenters. The average Bonchev–Trinajstić information content (AvgIpc) is 2.65. The van der Waals surface area contributed by atoms with Crippen LogP contribution in [-0.2, 0) is 42.2 Å². The summed E-state index contributed by atoms with van der Waals surface area (Å²) >= 11 is -2.68. The third-order valence-electron chi connectivity index (χ3n) is 3.69. The van der Waals surface area contributed by atoms with Crippen molar-refractivity contribution in [2.45, 2.75) is 24.9 Å². The van der Waals surface area contributed by atoms with Crippen molar-refractivity contribution in [1.29, 1.82) is 0 Å². The molecular formula is C18H20N2O7S. The van der Waals surface area contributed by atoms with Gasteiger partial charge in [-0.3, -0.25) is 0 Å². The maximum Gasteiger partial charge on any atom is 0.423 e. The summed E-state index contributed by atoms with van der Waals surface area (Å²) in [5.74, 6) is -1.91. The van der Waals surface area contributed by atoms with E-state index in [1.807, 2.05) is 0 Å². The Labute approximate surface area is 163 Å². The van der Waals surface area contributed by atoms with Crippen LogP contribution in [-0.4, -0.2) is 38.4 Å². The topological polar surface area (TPSA) is 162 Å². The van der Waals surface area contributed by atoms with Crippen molar-refractivity contribution in [3.05, 3.63) is 59.7 Å². The summed E-state index contributed by atoms with van der Waals surface area (Å²) in [6, 6.07) is 9.74. The van der Waals surface area contributed by atoms with Crippen LogP contribution < -0.4 is 11.5 Å². The molecule has 0 aliphatic rings. The number of hydrogen-bond donors (Lipinski definition) is 4.